The summed E-state index contributed by atoms with van der Waals surface area (Å²) >= 11 is 0. The molecule has 0 radical (unpaired) electrons. The van der Waals surface area contributed by atoms with Gasteiger partial charge in [-0.1, -0.05) is 60.1 Å². The summed E-state index contributed by atoms with van der Waals surface area (Å²) in [7, 11) is 0. The third-order valence-electron chi connectivity index (χ3n) is 19.6. The minimum absolute atomic E-state index is 0.0313. The van der Waals surface area contributed by atoms with Crippen LogP contribution in [0.4, 0.5) is 0 Å². The normalized spacial score (nSPS) is 56.1. The second-order valence-corrected chi connectivity index (χ2v) is 23.3. The predicted molar refractivity (Wildman–Crippen MR) is 221 cm³/mol. The van der Waals surface area contributed by atoms with Crippen LogP contribution in [0.5, 0.6) is 0 Å². The third kappa shape index (κ3) is 6.88. The zero-order valence-corrected chi connectivity index (χ0v) is 37.9. The summed E-state index contributed by atoms with van der Waals surface area (Å²) in [5.74, 6) is 1.18. The third-order valence-corrected chi connectivity index (χ3v) is 19.6. The number of ether oxygens (including phenoxy) is 6. The molecule has 16 nitrogen and oxygen atoms in total. The van der Waals surface area contributed by atoms with Crippen molar-refractivity contribution in [1.29, 1.82) is 0 Å². The molecule has 0 amide bonds. The smallest absolute Gasteiger partial charge is 0.186 e. The Morgan fingerprint density at radius 2 is 1.37 bits per heavy atom. The molecule has 358 valence electrons. The lowest BCUT2D eigenvalue weighted by atomic mass is 9.33. The van der Waals surface area contributed by atoms with Crippen LogP contribution >= 0.6 is 0 Å². The van der Waals surface area contributed by atoms with Crippen molar-refractivity contribution in [3.63, 3.8) is 0 Å². The summed E-state index contributed by atoms with van der Waals surface area (Å²) < 4.78 is 35.5. The molecule has 6 aliphatic carbocycles. The van der Waals surface area contributed by atoms with E-state index >= 15 is 0 Å². The monoisotopic (exact) mass is 894 g/mol. The number of hydrogen-bond donors (Lipinski definition) is 9. The Morgan fingerprint density at radius 3 is 2.08 bits per heavy atom. The summed E-state index contributed by atoms with van der Waals surface area (Å²) in [6.07, 6.45) is -10.8. The Balaban J connectivity index is 0.896. The van der Waals surface area contributed by atoms with Crippen molar-refractivity contribution in [2.45, 2.75) is 198 Å². The lowest BCUT2D eigenvalue weighted by Gasteiger charge is -2.71. The fraction of sp³-hybridized carbons (Fsp3) is 0.936. The molecule has 0 unspecified atom stereocenters. The van der Waals surface area contributed by atoms with Gasteiger partial charge in [-0.05, 0) is 102 Å². The summed E-state index contributed by atoms with van der Waals surface area (Å²) in [6, 6.07) is 0. The van der Waals surface area contributed by atoms with E-state index in [0.717, 1.165) is 38.5 Å². The molecule has 63 heavy (non-hydrogen) atoms. The van der Waals surface area contributed by atoms with E-state index in [2.05, 4.69) is 54.5 Å². The van der Waals surface area contributed by atoms with Crippen molar-refractivity contribution in [3.8, 4) is 0 Å². The fourth-order valence-electron chi connectivity index (χ4n) is 15.5. The summed E-state index contributed by atoms with van der Waals surface area (Å²) in [6.45, 7) is 15.2. The molecule has 8 fully saturated rings. The lowest BCUT2D eigenvalue weighted by Crippen LogP contribution is -2.67. The number of carbonyl (C=O) groups is 1. The van der Waals surface area contributed by atoms with Gasteiger partial charge in [0, 0.05) is 6.42 Å². The number of Topliss-reactive ketones (excluding diaryl/α,β-unsaturated/α-hetero) is 1. The first-order valence-electron chi connectivity index (χ1n) is 23.6. The number of aliphatic hydroxyl groups excluding tert-OH is 9. The largest absolute Gasteiger partial charge is 0.392 e. The van der Waals surface area contributed by atoms with Crippen molar-refractivity contribution in [2.24, 2.45) is 56.2 Å². The molecule has 3 saturated heterocycles. The summed E-state index contributed by atoms with van der Waals surface area (Å²) in [5.41, 5.74) is -0.0838. The minimum atomic E-state index is -1.69. The van der Waals surface area contributed by atoms with E-state index in [0.29, 0.717) is 31.1 Å². The van der Waals surface area contributed by atoms with Crippen molar-refractivity contribution in [2.75, 3.05) is 19.8 Å². The average molecular weight is 895 g/mol. The van der Waals surface area contributed by atoms with Gasteiger partial charge >= 0.3 is 0 Å². The lowest BCUT2D eigenvalue weighted by molar-refractivity contribution is -0.357. The fourth-order valence-corrected chi connectivity index (χ4v) is 15.5. The highest BCUT2D eigenvalue weighted by atomic mass is 16.8. The molecule has 9 aliphatic rings. The number of fused-ring (bicyclic) bond motifs is 7. The number of allylic oxidation sites excluding steroid dienone is 2. The molecule has 23 atom stereocenters. The predicted octanol–water partition coefficient (Wildman–Crippen LogP) is 1.07. The van der Waals surface area contributed by atoms with Gasteiger partial charge in [0.05, 0.1) is 37.4 Å². The zero-order valence-electron chi connectivity index (χ0n) is 37.9. The second kappa shape index (κ2) is 15.9. The van der Waals surface area contributed by atoms with Crippen LogP contribution in [0.1, 0.15) is 106 Å². The van der Waals surface area contributed by atoms with E-state index in [1.165, 1.54) is 5.57 Å². The highest BCUT2D eigenvalue weighted by Crippen LogP contribution is 2.77. The Kier molecular flexibility index (Phi) is 11.9. The van der Waals surface area contributed by atoms with Crippen LogP contribution in [-0.4, -0.2) is 164 Å². The zero-order chi connectivity index (χ0) is 45.6. The van der Waals surface area contributed by atoms with Gasteiger partial charge in [0.1, 0.15) is 66.8 Å². The second-order valence-electron chi connectivity index (χ2n) is 23.3. The van der Waals surface area contributed by atoms with E-state index in [9.17, 15) is 50.8 Å². The summed E-state index contributed by atoms with van der Waals surface area (Å²) in [5, 5.41) is 97.3. The molecule has 3 heterocycles. The Morgan fingerprint density at radius 1 is 0.698 bits per heavy atom. The number of carbonyl (C=O) groups excluding carboxylic acids is 1. The highest BCUT2D eigenvalue weighted by Gasteiger charge is 2.73. The average Bonchev–Trinajstić information content (AvgIpc) is 3.54. The molecule has 0 aromatic carbocycles. The molecule has 16 heteroatoms. The number of hydrogen-bond acceptors (Lipinski definition) is 16. The van der Waals surface area contributed by atoms with Crippen LogP contribution in [0.15, 0.2) is 11.6 Å². The first-order chi connectivity index (χ1) is 29.4. The van der Waals surface area contributed by atoms with Crippen LogP contribution in [0, 0.1) is 56.2 Å². The Labute approximate surface area is 370 Å². The standard InChI is InChI=1S/C47H74O16/c1-42(2)16-23-22-8-9-28-44(5)12-11-31(43(3,4)27(44)10-13-45(28,6)46(22,7)17-30(51)47(23)15-21(42)14-29(47)50)62-40-37(57)35(55)34(54)26(61-40)20-60-41-38(33(53)25(49)19-59-41)63-39-36(56)32(52)24(48)18-58-39/h8,21,23-28,30-41,48-49,51-57H,9-20H2,1-7H3/t21-,23-,24+,25-,26+,27-,28+,30+,31-,32-,33-,34+,35-,36+,37+,38+,39-,40-,41-,44-,45+,46+,47-/m0/s1. The molecule has 9 N–H and O–H groups in total. The Hall–Kier alpha value is -1.19. The van der Waals surface area contributed by atoms with Crippen LogP contribution in [0.2, 0.25) is 0 Å². The minimum Gasteiger partial charge on any atom is -0.392 e. The molecule has 2 bridgehead atoms. The van der Waals surface area contributed by atoms with Gasteiger partial charge in [-0.25, -0.2) is 0 Å². The van der Waals surface area contributed by atoms with Crippen molar-refractivity contribution < 1.29 is 79.2 Å². The van der Waals surface area contributed by atoms with Crippen molar-refractivity contribution in [1.82, 2.24) is 0 Å². The number of ketones is 1. The topological polar surface area (TPSA) is 255 Å². The highest BCUT2D eigenvalue weighted by molar-refractivity contribution is 5.89. The van der Waals surface area contributed by atoms with Crippen molar-refractivity contribution in [3.05, 3.63) is 11.6 Å². The molecular formula is C47H74O16. The Bertz CT molecular complexity index is 1770. The summed E-state index contributed by atoms with van der Waals surface area (Å²) in [4.78, 5) is 13.9. The van der Waals surface area contributed by atoms with Gasteiger partial charge in [-0.15, -0.1) is 0 Å². The quantitative estimate of drug-likeness (QED) is 0.128. The van der Waals surface area contributed by atoms with Crippen LogP contribution < -0.4 is 0 Å². The van der Waals surface area contributed by atoms with E-state index < -0.39 is 103 Å². The van der Waals surface area contributed by atoms with Crippen LogP contribution in [-0.2, 0) is 33.2 Å². The first kappa shape index (κ1) is 46.9. The molecule has 5 saturated carbocycles. The van der Waals surface area contributed by atoms with Gasteiger partial charge < -0.3 is 74.4 Å². The molecule has 9 rings (SSSR count). The van der Waals surface area contributed by atoms with Gasteiger partial charge in [-0.3, -0.25) is 4.79 Å². The molecular weight excluding hydrogens is 821 g/mol. The van der Waals surface area contributed by atoms with E-state index in [4.69, 9.17) is 28.4 Å². The SMILES string of the molecule is CC1(C)C[C@H]2C3=CC[C@@H]4[C@@]5(C)CC[C@H](O[C@@H]6O[C@H](CO[C@@H]7OC[C@H](O)[C@H](O)[C@H]7O[C@@H]7OC[C@@H](O)[C@H](O)[C@H]7O)[C@@H](O)[C@H](O)[C@H]6O)C(C)(C)[C@@H]5CC[C@@]4(C)[C@]3(C)C[C@@H](O)[C@@]23C[C@@H]1CC3=O. The molecule has 0 aromatic heterocycles. The number of aliphatic hydroxyl groups is 9. The van der Waals surface area contributed by atoms with Crippen molar-refractivity contribution >= 4 is 5.78 Å². The van der Waals surface area contributed by atoms with Gasteiger partial charge in [0.25, 0.3) is 0 Å². The maximum atomic E-state index is 13.9. The number of rotatable bonds is 7. The molecule has 0 aromatic rings. The van der Waals surface area contributed by atoms with Gasteiger partial charge in [0.2, 0.25) is 0 Å². The molecule has 1 spiro atoms. The maximum absolute atomic E-state index is 13.9. The van der Waals surface area contributed by atoms with E-state index in [-0.39, 0.29) is 58.6 Å². The maximum Gasteiger partial charge on any atom is 0.186 e. The van der Waals surface area contributed by atoms with Crippen LogP contribution in [0.3, 0.4) is 0 Å². The first-order valence-corrected chi connectivity index (χ1v) is 23.6. The van der Waals surface area contributed by atoms with E-state index in [1.807, 2.05) is 0 Å². The van der Waals surface area contributed by atoms with E-state index in [1.54, 1.807) is 0 Å². The molecule has 3 aliphatic heterocycles. The van der Waals surface area contributed by atoms with Crippen LogP contribution in [0.25, 0.3) is 0 Å². The van der Waals surface area contributed by atoms with Gasteiger partial charge in [-0.2, -0.15) is 0 Å². The van der Waals surface area contributed by atoms with Gasteiger partial charge in [0.15, 0.2) is 18.9 Å².